The van der Waals surface area contributed by atoms with Gasteiger partial charge in [0.2, 0.25) is 11.8 Å². The number of hydrogen-bond acceptors (Lipinski definition) is 3. The lowest BCUT2D eigenvalue weighted by atomic mass is 10.00. The summed E-state index contributed by atoms with van der Waals surface area (Å²) in [5, 5.41) is 9.28. The molecule has 2 rings (SSSR count). The minimum Gasteiger partial charge on any atom is -0.394 e. The highest BCUT2D eigenvalue weighted by molar-refractivity contribution is 6.10. The fraction of sp³-hybridized carbons (Fsp3) is 0.833. The Hall–Kier alpha value is -0.900. The topological polar surface area (TPSA) is 57.6 Å². The summed E-state index contributed by atoms with van der Waals surface area (Å²) in [6.45, 7) is 7.60. The summed E-state index contributed by atoms with van der Waals surface area (Å²) in [6.07, 6.45) is 0. The Bertz CT molecular complexity index is 324. The molecule has 90 valence electrons. The summed E-state index contributed by atoms with van der Waals surface area (Å²) in [4.78, 5) is 25.4. The van der Waals surface area contributed by atoms with Crippen LogP contribution in [0, 0.1) is 23.2 Å². The van der Waals surface area contributed by atoms with Crippen molar-refractivity contribution in [1.29, 1.82) is 0 Å². The highest BCUT2D eigenvalue weighted by Crippen LogP contribution is 2.63. The van der Waals surface area contributed by atoms with Gasteiger partial charge in [-0.3, -0.25) is 14.5 Å². The van der Waals surface area contributed by atoms with Crippen LogP contribution in [0.5, 0.6) is 0 Å². The van der Waals surface area contributed by atoms with E-state index >= 15 is 0 Å². The molecule has 0 radical (unpaired) electrons. The number of imide groups is 1. The number of piperidine rings is 1. The van der Waals surface area contributed by atoms with E-state index in [1.165, 1.54) is 4.90 Å². The molecule has 2 fully saturated rings. The largest absolute Gasteiger partial charge is 0.394 e. The molecule has 4 heteroatoms. The van der Waals surface area contributed by atoms with Crippen LogP contribution >= 0.6 is 0 Å². The third-order valence-electron chi connectivity index (χ3n) is 4.12. The third kappa shape index (κ3) is 1.25. The Kier molecular flexibility index (Phi) is 2.38. The molecule has 2 unspecified atom stereocenters. The van der Waals surface area contributed by atoms with Crippen LogP contribution in [0.1, 0.15) is 27.7 Å². The van der Waals surface area contributed by atoms with Gasteiger partial charge in [-0.05, 0) is 11.3 Å². The van der Waals surface area contributed by atoms with Crippen molar-refractivity contribution in [2.75, 3.05) is 6.61 Å². The first-order chi connectivity index (χ1) is 7.34. The van der Waals surface area contributed by atoms with E-state index in [2.05, 4.69) is 0 Å². The van der Waals surface area contributed by atoms with Gasteiger partial charge in [0.25, 0.3) is 0 Å². The summed E-state index contributed by atoms with van der Waals surface area (Å²) in [6, 6.07) is -0.358. The molecule has 2 aliphatic rings. The molecule has 1 heterocycles. The lowest BCUT2D eigenvalue weighted by molar-refractivity contribution is -0.148. The van der Waals surface area contributed by atoms with Crippen molar-refractivity contribution in [2.24, 2.45) is 23.2 Å². The van der Waals surface area contributed by atoms with Crippen LogP contribution in [0.4, 0.5) is 0 Å². The van der Waals surface area contributed by atoms with Crippen LogP contribution in [0.3, 0.4) is 0 Å². The Morgan fingerprint density at radius 2 is 1.69 bits per heavy atom. The summed E-state index contributed by atoms with van der Waals surface area (Å²) in [5.41, 5.74) is -0.165. The first-order valence-corrected chi connectivity index (χ1v) is 5.81. The number of rotatable bonds is 3. The third-order valence-corrected chi connectivity index (χ3v) is 4.12. The fourth-order valence-electron chi connectivity index (χ4n) is 2.89. The van der Waals surface area contributed by atoms with Crippen LogP contribution in [0.15, 0.2) is 0 Å². The van der Waals surface area contributed by atoms with Gasteiger partial charge in [0.1, 0.15) is 0 Å². The van der Waals surface area contributed by atoms with Gasteiger partial charge >= 0.3 is 0 Å². The van der Waals surface area contributed by atoms with Crippen LogP contribution in [-0.4, -0.2) is 34.5 Å². The lowest BCUT2D eigenvalue weighted by Gasteiger charge is -2.30. The average Bonchev–Trinajstić information content (AvgIpc) is 2.63. The van der Waals surface area contributed by atoms with Crippen LogP contribution in [-0.2, 0) is 9.59 Å². The second kappa shape index (κ2) is 3.29. The second-order valence-corrected chi connectivity index (χ2v) is 5.82. The molecule has 1 saturated carbocycles. The minimum absolute atomic E-state index is 0.0900. The van der Waals surface area contributed by atoms with E-state index in [9.17, 15) is 14.7 Å². The highest BCUT2D eigenvalue weighted by Gasteiger charge is 2.73. The van der Waals surface area contributed by atoms with E-state index in [0.29, 0.717) is 0 Å². The Balaban J connectivity index is 2.22. The van der Waals surface area contributed by atoms with E-state index in [1.807, 2.05) is 27.7 Å². The second-order valence-electron chi connectivity index (χ2n) is 5.82. The van der Waals surface area contributed by atoms with Gasteiger partial charge in [0.15, 0.2) is 0 Å². The standard InChI is InChI=1S/C12H19NO3/c1-6(2)7(5-14)13-10(15)8-9(11(13)16)12(8,3)4/h6-9,14H,5H2,1-4H3/t7-,8?,9?/m0/s1. The first kappa shape index (κ1) is 11.6. The number of hydrogen-bond donors (Lipinski definition) is 1. The highest BCUT2D eigenvalue weighted by atomic mass is 16.3. The quantitative estimate of drug-likeness (QED) is 0.717. The normalized spacial score (nSPS) is 33.2. The van der Waals surface area contributed by atoms with Crippen molar-refractivity contribution in [1.82, 2.24) is 4.90 Å². The molecule has 0 spiro atoms. The fourth-order valence-corrected chi connectivity index (χ4v) is 2.89. The summed E-state index contributed by atoms with van der Waals surface area (Å²) >= 11 is 0. The first-order valence-electron chi connectivity index (χ1n) is 5.81. The van der Waals surface area contributed by atoms with Gasteiger partial charge in [-0.15, -0.1) is 0 Å². The molecule has 0 bridgehead atoms. The number of amides is 2. The van der Waals surface area contributed by atoms with Crippen molar-refractivity contribution in [3.63, 3.8) is 0 Å². The van der Waals surface area contributed by atoms with E-state index in [0.717, 1.165) is 0 Å². The molecular weight excluding hydrogens is 206 g/mol. The Labute approximate surface area is 95.6 Å². The zero-order valence-electron chi connectivity index (χ0n) is 10.2. The van der Waals surface area contributed by atoms with E-state index in [1.54, 1.807) is 0 Å². The van der Waals surface area contributed by atoms with Gasteiger partial charge in [-0.2, -0.15) is 0 Å². The van der Waals surface area contributed by atoms with Crippen molar-refractivity contribution >= 4 is 11.8 Å². The number of carbonyl (C=O) groups excluding carboxylic acids is 2. The van der Waals surface area contributed by atoms with Gasteiger partial charge < -0.3 is 5.11 Å². The Morgan fingerprint density at radius 3 is 2.00 bits per heavy atom. The zero-order valence-corrected chi connectivity index (χ0v) is 10.2. The van der Waals surface area contributed by atoms with E-state index < -0.39 is 0 Å². The summed E-state index contributed by atoms with van der Waals surface area (Å²) in [5.74, 6) is -0.375. The predicted molar refractivity (Wildman–Crippen MR) is 58.3 cm³/mol. The molecule has 16 heavy (non-hydrogen) atoms. The van der Waals surface area contributed by atoms with Gasteiger partial charge in [-0.25, -0.2) is 0 Å². The maximum Gasteiger partial charge on any atom is 0.234 e. The van der Waals surface area contributed by atoms with Crippen LogP contribution in [0.2, 0.25) is 0 Å². The van der Waals surface area contributed by atoms with E-state index in [-0.39, 0.29) is 47.6 Å². The maximum absolute atomic E-state index is 12.1. The van der Waals surface area contributed by atoms with Crippen molar-refractivity contribution in [3.05, 3.63) is 0 Å². The van der Waals surface area contributed by atoms with Gasteiger partial charge in [0.05, 0.1) is 24.5 Å². The van der Waals surface area contributed by atoms with Crippen molar-refractivity contribution < 1.29 is 14.7 Å². The molecule has 2 amide bonds. The zero-order chi connectivity index (χ0) is 12.2. The number of likely N-dealkylation sites (tertiary alicyclic amines) is 1. The smallest absolute Gasteiger partial charge is 0.234 e. The molecule has 0 aromatic rings. The van der Waals surface area contributed by atoms with Crippen LogP contribution < -0.4 is 0 Å². The molecule has 0 aromatic carbocycles. The Morgan fingerprint density at radius 1 is 1.25 bits per heavy atom. The molecule has 1 aliphatic heterocycles. The molecule has 1 saturated heterocycles. The van der Waals surface area contributed by atoms with Crippen molar-refractivity contribution in [2.45, 2.75) is 33.7 Å². The number of carbonyl (C=O) groups is 2. The molecule has 3 atom stereocenters. The monoisotopic (exact) mass is 225 g/mol. The summed E-state index contributed by atoms with van der Waals surface area (Å²) in [7, 11) is 0. The number of nitrogens with zero attached hydrogens (tertiary/aromatic N) is 1. The molecule has 1 aliphatic carbocycles. The van der Waals surface area contributed by atoms with E-state index in [4.69, 9.17) is 0 Å². The summed E-state index contributed by atoms with van der Waals surface area (Å²) < 4.78 is 0. The number of aliphatic hydroxyl groups is 1. The minimum atomic E-state index is -0.358. The molecule has 4 nitrogen and oxygen atoms in total. The SMILES string of the molecule is CC(C)[C@H](CO)N1C(=O)C2C(C1=O)C2(C)C. The lowest BCUT2D eigenvalue weighted by Crippen LogP contribution is -2.48. The van der Waals surface area contributed by atoms with Crippen LogP contribution in [0.25, 0.3) is 0 Å². The molecular formula is C12H19NO3. The maximum atomic E-state index is 12.1. The van der Waals surface area contributed by atoms with Gasteiger partial charge in [0, 0.05) is 0 Å². The predicted octanol–water partition coefficient (Wildman–Crippen LogP) is 0.644. The average molecular weight is 225 g/mol. The van der Waals surface area contributed by atoms with Crippen molar-refractivity contribution in [3.8, 4) is 0 Å². The molecule has 0 aromatic heterocycles. The number of fused-ring (bicyclic) bond motifs is 1. The molecule has 1 N–H and O–H groups in total. The van der Waals surface area contributed by atoms with Gasteiger partial charge in [-0.1, -0.05) is 27.7 Å². The number of aliphatic hydroxyl groups excluding tert-OH is 1.